The van der Waals surface area contributed by atoms with E-state index in [9.17, 15) is 21.6 Å². The van der Waals surface area contributed by atoms with E-state index in [4.69, 9.17) is 4.74 Å². The SMILES string of the molecule is Cn1nccc1-c1cc(C(F)(F)F)ccc1[C@H]1CCOc2cc(S(=O)(=O)Cc3cccnn3)ccc21. The number of ether oxygens (including phenoxy) is 1. The highest BCUT2D eigenvalue weighted by Crippen LogP contribution is 2.44. The maximum Gasteiger partial charge on any atom is 0.416 e. The molecule has 2 aromatic heterocycles. The minimum atomic E-state index is -4.49. The second-order valence-corrected chi connectivity index (χ2v) is 10.5. The summed E-state index contributed by atoms with van der Waals surface area (Å²) in [4.78, 5) is 0.0758. The Bertz CT molecular complexity index is 1520. The van der Waals surface area contributed by atoms with Crippen molar-refractivity contribution >= 4 is 9.84 Å². The summed E-state index contributed by atoms with van der Waals surface area (Å²) in [7, 11) is -2.05. The van der Waals surface area contributed by atoms with E-state index in [0.29, 0.717) is 40.2 Å². The van der Waals surface area contributed by atoms with E-state index < -0.39 is 21.6 Å². The van der Waals surface area contributed by atoms with Crippen molar-refractivity contribution in [2.75, 3.05) is 6.61 Å². The summed E-state index contributed by atoms with van der Waals surface area (Å²) in [5.74, 6) is -0.216. The standard InChI is InChI=1S/C25H21F3N4O3S/c1-32-23(8-11-30-32)22-13-16(25(26,27)28)4-6-19(22)20-9-12-35-24-14-18(5-7-21(20)24)36(33,34)15-17-3-2-10-29-31-17/h2-8,10-11,13-14,20H,9,12,15H2,1H3/t20-/m1/s1. The summed E-state index contributed by atoms with van der Waals surface area (Å²) in [6.07, 6.45) is -0.976. The molecule has 0 saturated heterocycles. The van der Waals surface area contributed by atoms with Gasteiger partial charge >= 0.3 is 6.18 Å². The third kappa shape index (κ3) is 4.58. The van der Waals surface area contributed by atoms with Gasteiger partial charge in [0.05, 0.1) is 34.2 Å². The van der Waals surface area contributed by atoms with Crippen molar-refractivity contribution in [1.82, 2.24) is 20.0 Å². The molecular weight excluding hydrogens is 493 g/mol. The number of hydrogen-bond acceptors (Lipinski definition) is 6. The smallest absolute Gasteiger partial charge is 0.416 e. The van der Waals surface area contributed by atoms with Crippen molar-refractivity contribution < 1.29 is 26.3 Å². The average molecular weight is 515 g/mol. The van der Waals surface area contributed by atoms with Crippen LogP contribution in [-0.4, -0.2) is 35.0 Å². The van der Waals surface area contributed by atoms with Gasteiger partial charge < -0.3 is 4.74 Å². The first-order valence-electron chi connectivity index (χ1n) is 11.1. The van der Waals surface area contributed by atoms with Crippen LogP contribution in [0.3, 0.4) is 0 Å². The average Bonchev–Trinajstić information content (AvgIpc) is 3.28. The molecular formula is C25H21F3N4O3S. The predicted molar refractivity (Wildman–Crippen MR) is 125 cm³/mol. The summed E-state index contributed by atoms with van der Waals surface area (Å²) in [5, 5.41) is 11.7. The van der Waals surface area contributed by atoms with Gasteiger partial charge in [0.15, 0.2) is 9.84 Å². The van der Waals surface area contributed by atoms with Crippen molar-refractivity contribution in [2.45, 2.75) is 29.2 Å². The fourth-order valence-corrected chi connectivity index (χ4v) is 5.74. The molecule has 0 unspecified atom stereocenters. The molecule has 7 nitrogen and oxygen atoms in total. The Morgan fingerprint density at radius 2 is 1.86 bits per heavy atom. The molecule has 1 aliphatic heterocycles. The van der Waals surface area contributed by atoms with E-state index in [1.54, 1.807) is 31.3 Å². The molecule has 3 heterocycles. The van der Waals surface area contributed by atoms with E-state index in [1.807, 2.05) is 0 Å². The Hall–Kier alpha value is -3.73. The molecule has 11 heteroatoms. The second kappa shape index (κ2) is 9.05. The minimum Gasteiger partial charge on any atom is -0.493 e. The van der Waals surface area contributed by atoms with Gasteiger partial charge in [-0.05, 0) is 54.4 Å². The predicted octanol–water partition coefficient (Wildman–Crippen LogP) is 4.78. The Morgan fingerprint density at radius 1 is 1.06 bits per heavy atom. The maximum atomic E-state index is 13.5. The normalized spacial score (nSPS) is 15.8. The number of fused-ring (bicyclic) bond motifs is 1. The molecule has 0 aliphatic carbocycles. The number of alkyl halides is 3. The van der Waals surface area contributed by atoms with Crippen LogP contribution < -0.4 is 4.74 Å². The Kier molecular flexibility index (Phi) is 6.03. The van der Waals surface area contributed by atoms with Gasteiger partial charge in [-0.25, -0.2) is 8.42 Å². The molecule has 0 radical (unpaired) electrons. The van der Waals surface area contributed by atoms with Crippen molar-refractivity contribution in [3.05, 3.63) is 89.4 Å². The molecule has 0 saturated carbocycles. The monoisotopic (exact) mass is 514 g/mol. The number of benzene rings is 2. The first-order valence-corrected chi connectivity index (χ1v) is 12.7. The van der Waals surface area contributed by atoms with Gasteiger partial charge in [-0.2, -0.15) is 28.5 Å². The molecule has 0 amide bonds. The van der Waals surface area contributed by atoms with Crippen LogP contribution >= 0.6 is 0 Å². The third-order valence-electron chi connectivity index (χ3n) is 6.20. The number of halogens is 3. The van der Waals surface area contributed by atoms with E-state index >= 15 is 0 Å². The molecule has 0 fully saturated rings. The molecule has 0 bridgehead atoms. The second-order valence-electron chi connectivity index (χ2n) is 8.50. The molecule has 36 heavy (non-hydrogen) atoms. The molecule has 1 atom stereocenters. The van der Waals surface area contributed by atoms with E-state index in [1.165, 1.54) is 35.3 Å². The molecule has 1 aliphatic rings. The van der Waals surface area contributed by atoms with Crippen molar-refractivity contribution in [3.63, 3.8) is 0 Å². The molecule has 5 rings (SSSR count). The lowest BCUT2D eigenvalue weighted by atomic mass is 9.83. The van der Waals surface area contributed by atoms with Crippen LogP contribution in [0.2, 0.25) is 0 Å². The number of rotatable bonds is 5. The van der Waals surface area contributed by atoms with Gasteiger partial charge in [-0.3, -0.25) is 4.68 Å². The van der Waals surface area contributed by atoms with E-state index in [0.717, 1.165) is 12.1 Å². The first kappa shape index (κ1) is 24.0. The van der Waals surface area contributed by atoms with Crippen molar-refractivity contribution in [1.29, 1.82) is 0 Å². The van der Waals surface area contributed by atoms with Gasteiger partial charge in [0.2, 0.25) is 0 Å². The van der Waals surface area contributed by atoms with Crippen LogP contribution in [-0.2, 0) is 28.8 Å². The van der Waals surface area contributed by atoms with Crippen molar-refractivity contribution in [3.8, 4) is 17.0 Å². The summed E-state index contributed by atoms with van der Waals surface area (Å²) >= 11 is 0. The first-order chi connectivity index (χ1) is 17.1. The lowest BCUT2D eigenvalue weighted by molar-refractivity contribution is -0.137. The van der Waals surface area contributed by atoms with E-state index in [-0.39, 0.29) is 23.2 Å². The summed E-state index contributed by atoms with van der Waals surface area (Å²) in [6, 6.07) is 13.2. The molecule has 2 aromatic carbocycles. The highest BCUT2D eigenvalue weighted by molar-refractivity contribution is 7.90. The summed E-state index contributed by atoms with van der Waals surface area (Å²) in [6.45, 7) is 0.289. The largest absolute Gasteiger partial charge is 0.493 e. The molecule has 0 N–H and O–H groups in total. The minimum absolute atomic E-state index is 0.0758. The zero-order valence-corrected chi connectivity index (χ0v) is 19.9. The van der Waals surface area contributed by atoms with Gasteiger partial charge in [0.1, 0.15) is 5.75 Å². The van der Waals surface area contributed by atoms with Gasteiger partial charge in [-0.1, -0.05) is 12.1 Å². The summed E-state index contributed by atoms with van der Waals surface area (Å²) in [5.41, 5.74) is 1.93. The number of sulfone groups is 1. The van der Waals surface area contributed by atoms with Crippen LogP contribution in [0.1, 0.15) is 34.7 Å². The van der Waals surface area contributed by atoms with Crippen LogP contribution in [0, 0.1) is 0 Å². The fourth-order valence-electron chi connectivity index (χ4n) is 4.47. The van der Waals surface area contributed by atoms with Crippen LogP contribution in [0.15, 0.2) is 71.9 Å². The summed E-state index contributed by atoms with van der Waals surface area (Å²) < 4.78 is 73.9. The highest BCUT2D eigenvalue weighted by atomic mass is 32.2. The van der Waals surface area contributed by atoms with Gasteiger partial charge in [-0.15, -0.1) is 0 Å². The van der Waals surface area contributed by atoms with Crippen LogP contribution in [0.5, 0.6) is 5.75 Å². The number of hydrogen-bond donors (Lipinski definition) is 0. The zero-order valence-electron chi connectivity index (χ0n) is 19.1. The van der Waals surface area contributed by atoms with Crippen molar-refractivity contribution in [2.24, 2.45) is 7.05 Å². The van der Waals surface area contributed by atoms with Crippen LogP contribution in [0.25, 0.3) is 11.3 Å². The number of aromatic nitrogens is 4. The molecule has 4 aromatic rings. The van der Waals surface area contributed by atoms with Gasteiger partial charge in [0, 0.05) is 36.5 Å². The number of nitrogens with zero attached hydrogens (tertiary/aromatic N) is 4. The maximum absolute atomic E-state index is 13.5. The van der Waals surface area contributed by atoms with E-state index in [2.05, 4.69) is 15.3 Å². The molecule has 0 spiro atoms. The fraction of sp³-hybridized carbons (Fsp3) is 0.240. The lowest BCUT2D eigenvalue weighted by Gasteiger charge is -2.28. The molecule has 186 valence electrons. The third-order valence-corrected chi connectivity index (χ3v) is 7.85. The quantitative estimate of drug-likeness (QED) is 0.381. The Labute approximate surface area is 205 Å². The number of aryl methyl sites for hydroxylation is 1. The topological polar surface area (TPSA) is 87.0 Å². The van der Waals surface area contributed by atoms with Gasteiger partial charge in [0.25, 0.3) is 0 Å². The Balaban J connectivity index is 1.56. The Morgan fingerprint density at radius 3 is 2.56 bits per heavy atom. The lowest BCUT2D eigenvalue weighted by Crippen LogP contribution is -2.18. The van der Waals surface area contributed by atoms with Crippen LogP contribution in [0.4, 0.5) is 13.2 Å². The zero-order chi connectivity index (χ0) is 25.5. The highest BCUT2D eigenvalue weighted by Gasteiger charge is 2.33.